The molecule has 21 heavy (non-hydrogen) atoms. The number of nitrogens with one attached hydrogen (secondary N) is 1. The molecule has 1 N–H and O–H groups in total. The van der Waals surface area contributed by atoms with Crippen LogP contribution in [0.15, 0.2) is 24.3 Å². The van der Waals surface area contributed by atoms with Crippen LogP contribution < -0.4 is 5.32 Å². The number of nitriles is 1. The Hall–Kier alpha value is -2.26. The monoisotopic (exact) mass is 300 g/mol. The molecule has 0 aliphatic rings. The van der Waals surface area contributed by atoms with Gasteiger partial charge in [0.15, 0.2) is 0 Å². The second-order valence-electron chi connectivity index (χ2n) is 5.05. The lowest BCUT2D eigenvalue weighted by atomic mass is 10.0. The molecule has 108 valence electrons. The van der Waals surface area contributed by atoms with E-state index in [1.54, 1.807) is 18.2 Å². The molecule has 2 aromatic rings. The summed E-state index contributed by atoms with van der Waals surface area (Å²) >= 11 is 1.38. The minimum Gasteiger partial charge on any atom is -0.296 e. The van der Waals surface area contributed by atoms with Crippen LogP contribution in [-0.2, 0) is 12.8 Å². The van der Waals surface area contributed by atoms with Crippen LogP contribution >= 0.6 is 11.3 Å². The van der Waals surface area contributed by atoms with Gasteiger partial charge in [0.1, 0.15) is 5.01 Å². The summed E-state index contributed by atoms with van der Waals surface area (Å²) in [6.07, 6.45) is 1.05. The van der Waals surface area contributed by atoms with Crippen molar-refractivity contribution >= 4 is 22.4 Å². The Kier molecular flexibility index (Phi) is 5.01. The van der Waals surface area contributed by atoms with E-state index >= 15 is 0 Å². The zero-order valence-corrected chi connectivity index (χ0v) is 12.8. The number of aromatic nitrogens is 2. The second kappa shape index (κ2) is 6.95. The molecule has 0 atom stereocenters. The van der Waals surface area contributed by atoms with Crippen LogP contribution in [-0.4, -0.2) is 16.1 Å². The van der Waals surface area contributed by atoms with Crippen LogP contribution in [0.25, 0.3) is 0 Å². The summed E-state index contributed by atoms with van der Waals surface area (Å²) in [5.74, 6) is 0.242. The Morgan fingerprint density at radius 2 is 2.14 bits per heavy atom. The molecule has 5 nitrogen and oxygen atoms in total. The third-order valence-electron chi connectivity index (χ3n) is 2.80. The van der Waals surface area contributed by atoms with E-state index in [0.717, 1.165) is 11.4 Å². The Bertz CT molecular complexity index is 672. The van der Waals surface area contributed by atoms with Crippen molar-refractivity contribution in [2.75, 3.05) is 5.32 Å². The largest absolute Gasteiger partial charge is 0.296 e. The average Bonchev–Trinajstić information content (AvgIpc) is 2.86. The van der Waals surface area contributed by atoms with E-state index < -0.39 is 0 Å². The number of hydrogen-bond donors (Lipinski definition) is 1. The fourth-order valence-electron chi connectivity index (χ4n) is 1.88. The minimum absolute atomic E-state index is 0.207. The number of nitrogens with zero attached hydrogens (tertiary/aromatic N) is 3. The number of carbonyl (C=O) groups is 1. The van der Waals surface area contributed by atoms with Crippen molar-refractivity contribution in [3.05, 3.63) is 40.4 Å². The highest BCUT2D eigenvalue weighted by Gasteiger charge is 2.13. The van der Waals surface area contributed by atoms with Crippen LogP contribution in [0.1, 0.15) is 34.8 Å². The second-order valence-corrected chi connectivity index (χ2v) is 6.11. The van der Waals surface area contributed by atoms with Gasteiger partial charge in [-0.2, -0.15) is 5.26 Å². The highest BCUT2D eigenvalue weighted by molar-refractivity contribution is 7.15. The third kappa shape index (κ3) is 4.10. The lowest BCUT2D eigenvalue weighted by Crippen LogP contribution is -2.14. The van der Waals surface area contributed by atoms with E-state index in [1.165, 1.54) is 11.3 Å². The predicted molar refractivity (Wildman–Crippen MR) is 82.2 cm³/mol. The molecule has 0 saturated carbocycles. The van der Waals surface area contributed by atoms with Gasteiger partial charge in [-0.3, -0.25) is 10.1 Å². The summed E-state index contributed by atoms with van der Waals surface area (Å²) in [6, 6.07) is 9.14. The summed E-state index contributed by atoms with van der Waals surface area (Å²) in [5.41, 5.74) is 1.21. The van der Waals surface area contributed by atoms with Crippen LogP contribution in [0, 0.1) is 17.2 Å². The van der Waals surface area contributed by atoms with Crippen LogP contribution in [0.5, 0.6) is 0 Å². The van der Waals surface area contributed by atoms with Gasteiger partial charge in [-0.25, -0.2) is 0 Å². The molecule has 0 fully saturated rings. The standard InChI is InChI=1S/C15H16N4OS/c1-10(2)9-13-18-19-15(21-13)17-14(20)12-6-4-3-5-11(12)7-8-16/h3-6,10H,7,9H2,1-2H3,(H,17,19,20). The molecule has 0 aliphatic carbocycles. The van der Waals surface area contributed by atoms with Gasteiger partial charge in [0, 0.05) is 12.0 Å². The van der Waals surface area contributed by atoms with Gasteiger partial charge in [-0.1, -0.05) is 43.4 Å². The number of amides is 1. The van der Waals surface area contributed by atoms with Gasteiger partial charge in [-0.15, -0.1) is 10.2 Å². The molecular formula is C15H16N4OS. The molecule has 2 rings (SSSR count). The summed E-state index contributed by atoms with van der Waals surface area (Å²) in [5, 5.41) is 21.0. The third-order valence-corrected chi connectivity index (χ3v) is 3.66. The summed E-state index contributed by atoms with van der Waals surface area (Å²) in [6.45, 7) is 4.22. The zero-order valence-electron chi connectivity index (χ0n) is 12.0. The van der Waals surface area contributed by atoms with E-state index in [0.29, 0.717) is 22.2 Å². The average molecular weight is 300 g/mol. The molecule has 0 radical (unpaired) electrons. The van der Waals surface area contributed by atoms with Gasteiger partial charge < -0.3 is 0 Å². The van der Waals surface area contributed by atoms with Gasteiger partial charge >= 0.3 is 0 Å². The maximum absolute atomic E-state index is 12.3. The van der Waals surface area contributed by atoms with Crippen LogP contribution in [0.3, 0.4) is 0 Å². The van der Waals surface area contributed by atoms with Crippen molar-refractivity contribution in [3.8, 4) is 6.07 Å². The fourth-order valence-corrected chi connectivity index (χ4v) is 2.83. The molecule has 1 aromatic carbocycles. The Morgan fingerprint density at radius 1 is 1.38 bits per heavy atom. The first kappa shape index (κ1) is 15.1. The van der Waals surface area contributed by atoms with Crippen LogP contribution in [0.4, 0.5) is 5.13 Å². The Labute approximate surface area is 127 Å². The summed E-state index contributed by atoms with van der Waals surface area (Å²) < 4.78 is 0. The van der Waals surface area contributed by atoms with Crippen molar-refractivity contribution in [1.82, 2.24) is 10.2 Å². The normalized spacial score (nSPS) is 10.4. The first-order valence-corrected chi connectivity index (χ1v) is 7.50. The lowest BCUT2D eigenvalue weighted by Gasteiger charge is -2.05. The number of hydrogen-bond acceptors (Lipinski definition) is 5. The van der Waals surface area contributed by atoms with E-state index in [-0.39, 0.29) is 12.3 Å². The van der Waals surface area contributed by atoms with E-state index in [1.807, 2.05) is 6.07 Å². The van der Waals surface area contributed by atoms with Crippen molar-refractivity contribution in [2.24, 2.45) is 5.92 Å². The summed E-state index contributed by atoms with van der Waals surface area (Å²) in [7, 11) is 0. The molecule has 6 heteroatoms. The number of anilines is 1. The lowest BCUT2D eigenvalue weighted by molar-refractivity contribution is 0.102. The first-order valence-electron chi connectivity index (χ1n) is 6.68. The minimum atomic E-state index is -0.256. The molecule has 0 aliphatic heterocycles. The molecule has 0 saturated heterocycles. The van der Waals surface area contributed by atoms with Crippen LogP contribution in [0.2, 0.25) is 0 Å². The SMILES string of the molecule is CC(C)Cc1nnc(NC(=O)c2ccccc2CC#N)s1. The fraction of sp³-hybridized carbons (Fsp3) is 0.333. The topological polar surface area (TPSA) is 78.7 Å². The van der Waals surface area contributed by atoms with E-state index in [2.05, 4.69) is 35.4 Å². The number of carbonyl (C=O) groups excluding carboxylic acids is 1. The molecule has 0 unspecified atom stereocenters. The summed E-state index contributed by atoms with van der Waals surface area (Å²) in [4.78, 5) is 12.3. The van der Waals surface area contributed by atoms with Crippen molar-refractivity contribution in [1.29, 1.82) is 5.26 Å². The van der Waals surface area contributed by atoms with Gasteiger partial charge in [0.05, 0.1) is 12.5 Å². The van der Waals surface area contributed by atoms with Gasteiger partial charge in [0.2, 0.25) is 5.13 Å². The number of rotatable bonds is 5. The number of benzene rings is 1. The van der Waals surface area contributed by atoms with Crippen molar-refractivity contribution in [3.63, 3.8) is 0 Å². The maximum atomic E-state index is 12.3. The molecule has 1 aromatic heterocycles. The van der Waals surface area contributed by atoms with E-state index in [4.69, 9.17) is 5.26 Å². The maximum Gasteiger partial charge on any atom is 0.257 e. The smallest absolute Gasteiger partial charge is 0.257 e. The van der Waals surface area contributed by atoms with Gasteiger partial charge in [-0.05, 0) is 17.5 Å². The molecular weight excluding hydrogens is 284 g/mol. The Morgan fingerprint density at radius 3 is 2.86 bits per heavy atom. The molecule has 0 spiro atoms. The molecule has 0 bridgehead atoms. The van der Waals surface area contributed by atoms with Crippen molar-refractivity contribution < 1.29 is 4.79 Å². The molecule has 1 heterocycles. The highest BCUT2D eigenvalue weighted by atomic mass is 32.1. The Balaban J connectivity index is 2.11. The quantitative estimate of drug-likeness (QED) is 0.920. The van der Waals surface area contributed by atoms with E-state index in [9.17, 15) is 4.79 Å². The first-order chi connectivity index (χ1) is 10.1. The van der Waals surface area contributed by atoms with Gasteiger partial charge in [0.25, 0.3) is 5.91 Å². The highest BCUT2D eigenvalue weighted by Crippen LogP contribution is 2.19. The van der Waals surface area contributed by atoms with Crippen molar-refractivity contribution in [2.45, 2.75) is 26.7 Å². The predicted octanol–water partition coefficient (Wildman–Crippen LogP) is 3.05. The zero-order chi connectivity index (χ0) is 15.2. The molecule has 1 amide bonds.